The van der Waals surface area contributed by atoms with Crippen molar-refractivity contribution in [2.45, 2.75) is 46.0 Å². The van der Waals surface area contributed by atoms with Gasteiger partial charge in [-0.3, -0.25) is 19.3 Å². The molecule has 1 atom stereocenters. The van der Waals surface area contributed by atoms with E-state index >= 15 is 0 Å². The van der Waals surface area contributed by atoms with E-state index in [-0.39, 0.29) is 34.5 Å². The Kier molecular flexibility index (Phi) is 7.46. The molecule has 39 heavy (non-hydrogen) atoms. The number of aryl methyl sites for hydroxylation is 3. The fraction of sp³-hybridized carbons (Fsp3) is 0.269. The number of hydrogen-bond acceptors (Lipinski definition) is 7. The van der Waals surface area contributed by atoms with Crippen LogP contribution in [0.1, 0.15) is 35.3 Å². The normalized spacial score (nSPS) is 13.3. The van der Waals surface area contributed by atoms with Crippen LogP contribution >= 0.6 is 11.6 Å². The lowest BCUT2D eigenvalue weighted by atomic mass is 10.0. The molecule has 0 aliphatic carbocycles. The molecule has 0 fully saturated rings. The van der Waals surface area contributed by atoms with Gasteiger partial charge in [0.1, 0.15) is 28.9 Å². The van der Waals surface area contributed by atoms with Crippen molar-refractivity contribution in [2.75, 3.05) is 0 Å². The summed E-state index contributed by atoms with van der Waals surface area (Å²) in [5.41, 5.74) is 4.40. The number of ether oxygens (including phenoxy) is 1. The maximum atomic E-state index is 14.1. The summed E-state index contributed by atoms with van der Waals surface area (Å²) in [7, 11) is 0. The molecule has 0 saturated carbocycles. The monoisotopic (exact) mass is 562 g/mol. The second-order valence-corrected chi connectivity index (χ2v) is 9.53. The minimum atomic E-state index is -4.79. The maximum Gasteiger partial charge on any atom is 0.413 e. The summed E-state index contributed by atoms with van der Waals surface area (Å²) in [5, 5.41) is -0.251. The predicted molar refractivity (Wildman–Crippen MR) is 136 cm³/mol. The molecule has 2 N–H and O–H groups in total. The van der Waals surface area contributed by atoms with Gasteiger partial charge in [-0.05, 0) is 57.0 Å². The lowest BCUT2D eigenvalue weighted by molar-refractivity contribution is -0.186. The zero-order valence-electron chi connectivity index (χ0n) is 21.3. The number of pyridine rings is 3. The Hall–Kier alpha value is -3.90. The molecule has 0 aromatic carbocycles. The third-order valence-corrected chi connectivity index (χ3v) is 6.35. The number of nitrogens with two attached hydrogens (primary N) is 1. The van der Waals surface area contributed by atoms with E-state index in [4.69, 9.17) is 22.1 Å². The van der Waals surface area contributed by atoms with Gasteiger partial charge in [-0.15, -0.1) is 0 Å². The number of alkyl halides is 3. The van der Waals surface area contributed by atoms with Gasteiger partial charge in [0.15, 0.2) is 11.4 Å². The van der Waals surface area contributed by atoms with Gasteiger partial charge in [0.2, 0.25) is 0 Å². The molecule has 4 aromatic rings. The number of halogens is 5. The molecule has 0 spiro atoms. The molecule has 8 nitrogen and oxygen atoms in total. The highest BCUT2D eigenvalue weighted by Gasteiger charge is 2.51. The van der Waals surface area contributed by atoms with Crippen molar-refractivity contribution in [3.05, 3.63) is 92.4 Å². The molecule has 0 aliphatic heterocycles. The van der Waals surface area contributed by atoms with Crippen molar-refractivity contribution < 1.29 is 22.3 Å². The first-order chi connectivity index (χ1) is 18.2. The van der Waals surface area contributed by atoms with Crippen LogP contribution in [0.15, 0.2) is 47.7 Å². The van der Waals surface area contributed by atoms with Crippen LogP contribution in [0.4, 0.5) is 17.6 Å². The summed E-state index contributed by atoms with van der Waals surface area (Å²) >= 11 is 6.35. The second-order valence-electron chi connectivity index (χ2n) is 9.16. The molecular weight excluding hydrogens is 540 g/mol. The molecule has 4 rings (SSSR count). The summed E-state index contributed by atoms with van der Waals surface area (Å²) < 4.78 is 61.4. The quantitative estimate of drug-likeness (QED) is 0.325. The highest BCUT2D eigenvalue weighted by atomic mass is 35.5. The van der Waals surface area contributed by atoms with E-state index in [1.165, 1.54) is 41.2 Å². The van der Waals surface area contributed by atoms with Crippen molar-refractivity contribution in [1.82, 2.24) is 24.5 Å². The highest BCUT2D eigenvalue weighted by molar-refractivity contribution is 6.31. The van der Waals surface area contributed by atoms with E-state index in [0.29, 0.717) is 22.5 Å². The molecule has 0 bridgehead atoms. The molecule has 0 amide bonds. The number of nitrogens with zero attached hydrogens (tertiary/aromatic N) is 5. The van der Waals surface area contributed by atoms with Crippen LogP contribution in [0.5, 0.6) is 5.75 Å². The van der Waals surface area contributed by atoms with Crippen molar-refractivity contribution in [3.63, 3.8) is 0 Å². The molecule has 0 aliphatic rings. The van der Waals surface area contributed by atoms with E-state index < -0.39 is 28.9 Å². The average Bonchev–Trinajstić information content (AvgIpc) is 2.86. The minimum absolute atomic E-state index is 0.0407. The van der Waals surface area contributed by atoms with Gasteiger partial charge < -0.3 is 10.5 Å². The van der Waals surface area contributed by atoms with E-state index in [2.05, 4.69) is 19.9 Å². The van der Waals surface area contributed by atoms with Gasteiger partial charge in [0.25, 0.3) is 5.56 Å². The molecule has 0 radical (unpaired) electrons. The Bertz CT molecular complexity index is 1620. The van der Waals surface area contributed by atoms with Crippen LogP contribution in [0, 0.1) is 26.6 Å². The maximum absolute atomic E-state index is 14.1. The molecule has 204 valence electrons. The van der Waals surface area contributed by atoms with Crippen LogP contribution in [-0.4, -0.2) is 30.7 Å². The highest BCUT2D eigenvalue weighted by Crippen LogP contribution is 2.35. The molecule has 4 heterocycles. The minimum Gasteiger partial charge on any atom is -0.485 e. The van der Waals surface area contributed by atoms with Crippen LogP contribution in [0.25, 0.3) is 17.1 Å². The molecule has 4 aromatic heterocycles. The number of rotatable bonds is 6. The summed E-state index contributed by atoms with van der Waals surface area (Å²) in [6, 6.07) is 5.72. The molecule has 13 heteroatoms. The van der Waals surface area contributed by atoms with Gasteiger partial charge in [-0.1, -0.05) is 11.6 Å². The van der Waals surface area contributed by atoms with Crippen molar-refractivity contribution in [2.24, 2.45) is 5.73 Å². The van der Waals surface area contributed by atoms with Crippen molar-refractivity contribution >= 4 is 11.6 Å². The van der Waals surface area contributed by atoms with Gasteiger partial charge in [0, 0.05) is 30.4 Å². The molecule has 0 saturated heterocycles. The number of aromatic nitrogens is 5. The van der Waals surface area contributed by atoms with Crippen molar-refractivity contribution in [1.29, 1.82) is 0 Å². The fourth-order valence-corrected chi connectivity index (χ4v) is 3.87. The van der Waals surface area contributed by atoms with E-state index in [9.17, 15) is 22.4 Å². The first kappa shape index (κ1) is 28.1. The van der Waals surface area contributed by atoms with Gasteiger partial charge in [-0.25, -0.2) is 14.4 Å². The van der Waals surface area contributed by atoms with Crippen LogP contribution in [-0.2, 0) is 12.1 Å². The van der Waals surface area contributed by atoms with Crippen LogP contribution < -0.4 is 16.0 Å². The Morgan fingerprint density at radius 3 is 2.44 bits per heavy atom. The Balaban J connectivity index is 1.72. The lowest BCUT2D eigenvalue weighted by Gasteiger charge is -2.26. The van der Waals surface area contributed by atoms with Gasteiger partial charge >= 0.3 is 6.18 Å². The van der Waals surface area contributed by atoms with Crippen molar-refractivity contribution in [3.8, 4) is 22.8 Å². The van der Waals surface area contributed by atoms with E-state index in [1.54, 1.807) is 20.8 Å². The van der Waals surface area contributed by atoms with Gasteiger partial charge in [0.05, 0.1) is 17.1 Å². The third kappa shape index (κ3) is 5.48. The average molecular weight is 563 g/mol. The lowest BCUT2D eigenvalue weighted by Crippen LogP contribution is -2.49. The third-order valence-electron chi connectivity index (χ3n) is 6.01. The fourth-order valence-electron chi connectivity index (χ4n) is 3.67. The second kappa shape index (κ2) is 10.3. The topological polar surface area (TPSA) is 109 Å². The van der Waals surface area contributed by atoms with E-state index in [1.807, 2.05) is 0 Å². The van der Waals surface area contributed by atoms with Crippen LogP contribution in [0.3, 0.4) is 0 Å². The zero-order valence-corrected chi connectivity index (χ0v) is 22.0. The zero-order chi connectivity index (χ0) is 28.7. The van der Waals surface area contributed by atoms with Gasteiger partial charge in [-0.2, -0.15) is 13.2 Å². The Labute approximate surface area is 225 Å². The Morgan fingerprint density at radius 2 is 1.77 bits per heavy atom. The predicted octanol–water partition coefficient (Wildman–Crippen LogP) is 5.12. The Morgan fingerprint density at radius 1 is 1.05 bits per heavy atom. The SMILES string of the molecule is Cc1cnc(COc2cc(C)n(-c3cc(-c4ccnc(C(C)(N)C(F)(F)F)n4)ncc3C)c(=O)c2Cl)c(F)c1. The van der Waals surface area contributed by atoms with Crippen LogP contribution in [0.2, 0.25) is 5.02 Å². The summed E-state index contributed by atoms with van der Waals surface area (Å²) in [4.78, 5) is 29.3. The summed E-state index contributed by atoms with van der Waals surface area (Å²) in [6.07, 6.45) is -0.687. The standard InChI is InChI=1S/C26H23ClF4N6O2/c1-13-7-16(28)19(34-10-13)12-39-21-8-15(3)37(23(38)22(21)27)20-9-18(35-11-14(20)2)17-5-6-33-24(36-17)25(4,32)26(29,30)31/h5-11H,12,32H2,1-4H3. The summed E-state index contributed by atoms with van der Waals surface area (Å²) in [6.45, 7) is 5.57. The summed E-state index contributed by atoms with van der Waals surface area (Å²) in [5.74, 6) is -1.14. The first-order valence-electron chi connectivity index (χ1n) is 11.5. The number of hydrogen-bond donors (Lipinski definition) is 1. The smallest absolute Gasteiger partial charge is 0.413 e. The largest absolute Gasteiger partial charge is 0.485 e. The van der Waals surface area contributed by atoms with E-state index in [0.717, 1.165) is 13.1 Å². The molecular formula is C26H23ClF4N6O2. The molecule has 1 unspecified atom stereocenters. The first-order valence-corrected chi connectivity index (χ1v) is 11.9.